The average Bonchev–Trinajstić information content (AvgIpc) is 3.07. The second kappa shape index (κ2) is 10.3. The molecule has 0 bridgehead atoms. The van der Waals surface area contributed by atoms with E-state index in [9.17, 15) is 0 Å². The van der Waals surface area contributed by atoms with Gasteiger partial charge in [-0.2, -0.15) is 0 Å². The third-order valence-electron chi connectivity index (χ3n) is 5.44. The molecule has 0 aliphatic heterocycles. The van der Waals surface area contributed by atoms with E-state index in [-0.39, 0.29) is 5.82 Å². The number of hydrogen-bond acceptors (Lipinski definition) is 2. The molecule has 29 heavy (non-hydrogen) atoms. The van der Waals surface area contributed by atoms with Gasteiger partial charge in [0.15, 0.2) is 0 Å². The number of imidazole rings is 1. The molecule has 1 heterocycles. The smallest absolute Gasteiger partial charge is 0.217 e. The van der Waals surface area contributed by atoms with Gasteiger partial charge in [0, 0.05) is 5.69 Å². The van der Waals surface area contributed by atoms with Crippen LogP contribution in [-0.2, 0) is 6.42 Å². The van der Waals surface area contributed by atoms with Crippen LogP contribution >= 0.6 is 0 Å². The number of para-hydroxylation sites is 1. The average molecular weight is 388 g/mol. The van der Waals surface area contributed by atoms with Crippen molar-refractivity contribution in [3.8, 4) is 5.75 Å². The molecule has 0 spiro atoms. The number of aromatic amines is 1. The number of benzene rings is 2. The zero-order chi connectivity index (χ0) is 20.6. The van der Waals surface area contributed by atoms with E-state index in [0.29, 0.717) is 6.61 Å². The van der Waals surface area contributed by atoms with Crippen molar-refractivity contribution in [3.05, 3.63) is 77.1 Å². The first-order valence-corrected chi connectivity index (χ1v) is 10.9. The lowest BCUT2D eigenvalue weighted by atomic mass is 9.58. The Morgan fingerprint density at radius 2 is 1.76 bits per heavy atom. The van der Waals surface area contributed by atoms with Gasteiger partial charge in [-0.05, 0) is 55.6 Å². The van der Waals surface area contributed by atoms with Crippen molar-refractivity contribution in [2.24, 2.45) is 5.92 Å². The minimum atomic E-state index is 0.202. The molecule has 0 aliphatic rings. The normalized spacial score (nSPS) is 12.2. The van der Waals surface area contributed by atoms with Crippen molar-refractivity contribution >= 4 is 13.0 Å². The molecule has 3 nitrogen and oxygen atoms in total. The highest BCUT2D eigenvalue weighted by atomic mass is 16.5. The van der Waals surface area contributed by atoms with Gasteiger partial charge in [0.25, 0.3) is 0 Å². The highest BCUT2D eigenvalue weighted by Gasteiger charge is 2.22. The monoisotopic (exact) mass is 388 g/mol. The Morgan fingerprint density at radius 1 is 1.03 bits per heavy atom. The number of H-pyrrole nitrogens is 1. The molecular weight excluding hydrogens is 355 g/mol. The summed E-state index contributed by atoms with van der Waals surface area (Å²) >= 11 is 0. The van der Waals surface area contributed by atoms with Crippen LogP contribution in [0, 0.1) is 12.8 Å². The molecule has 1 atom stereocenters. The predicted molar refractivity (Wildman–Crippen MR) is 124 cm³/mol. The van der Waals surface area contributed by atoms with Crippen LogP contribution in [0.1, 0.15) is 61.9 Å². The van der Waals surface area contributed by atoms with Gasteiger partial charge < -0.3 is 9.72 Å². The summed E-state index contributed by atoms with van der Waals surface area (Å²) in [5, 5.41) is 0. The Bertz CT molecular complexity index is 889. The molecular formula is C25H33BN2O. The lowest BCUT2D eigenvalue weighted by Crippen LogP contribution is -2.27. The summed E-state index contributed by atoms with van der Waals surface area (Å²) in [6, 6.07) is 19.1. The summed E-state index contributed by atoms with van der Waals surface area (Å²) < 4.78 is 5.95. The topological polar surface area (TPSA) is 37.9 Å². The summed E-state index contributed by atoms with van der Waals surface area (Å²) in [6.45, 7) is 9.39. The van der Waals surface area contributed by atoms with Crippen molar-refractivity contribution in [2.75, 3.05) is 6.61 Å². The number of rotatable bonds is 10. The van der Waals surface area contributed by atoms with E-state index in [1.807, 2.05) is 13.0 Å². The van der Waals surface area contributed by atoms with Crippen LogP contribution in [0.15, 0.2) is 54.6 Å². The maximum atomic E-state index is 5.95. The van der Waals surface area contributed by atoms with Crippen molar-refractivity contribution in [1.82, 2.24) is 9.97 Å². The van der Waals surface area contributed by atoms with Crippen LogP contribution in [0.3, 0.4) is 0 Å². The number of nitrogens with one attached hydrogen (secondary N) is 1. The van der Waals surface area contributed by atoms with E-state index in [1.165, 1.54) is 29.7 Å². The highest BCUT2D eigenvalue weighted by molar-refractivity contribution is 6.54. The Hall–Kier alpha value is -2.49. The number of aromatic nitrogens is 2. The second-order valence-corrected chi connectivity index (χ2v) is 8.17. The van der Waals surface area contributed by atoms with Crippen LogP contribution in [0.2, 0.25) is 0 Å². The summed E-state index contributed by atoms with van der Waals surface area (Å²) in [5.41, 5.74) is 5.98. The van der Waals surface area contributed by atoms with E-state index in [4.69, 9.17) is 9.72 Å². The number of nitrogens with zero attached hydrogens (tertiary/aromatic N) is 1. The maximum Gasteiger partial charge on any atom is 0.217 e. The predicted octanol–water partition coefficient (Wildman–Crippen LogP) is 4.95. The second-order valence-electron chi connectivity index (χ2n) is 8.17. The summed E-state index contributed by atoms with van der Waals surface area (Å²) in [4.78, 5) is 8.50. The maximum absolute atomic E-state index is 5.95. The van der Waals surface area contributed by atoms with Crippen molar-refractivity contribution in [1.29, 1.82) is 0 Å². The molecule has 0 aliphatic carbocycles. The molecule has 0 amide bonds. The molecule has 3 aromatic rings. The Morgan fingerprint density at radius 3 is 2.48 bits per heavy atom. The molecule has 1 aromatic heterocycles. The van der Waals surface area contributed by atoms with Crippen molar-refractivity contribution in [3.63, 3.8) is 0 Å². The van der Waals surface area contributed by atoms with Gasteiger partial charge >= 0.3 is 0 Å². The van der Waals surface area contributed by atoms with E-state index in [1.54, 1.807) is 0 Å². The number of ether oxygens (including phenoxy) is 1. The van der Waals surface area contributed by atoms with E-state index >= 15 is 0 Å². The zero-order valence-electron chi connectivity index (χ0n) is 18.2. The fraction of sp³-hybridized carbons (Fsp3) is 0.400. The van der Waals surface area contributed by atoms with E-state index in [2.05, 4.69) is 74.3 Å². The third kappa shape index (κ3) is 5.75. The van der Waals surface area contributed by atoms with Crippen molar-refractivity contribution < 1.29 is 4.74 Å². The van der Waals surface area contributed by atoms with E-state index < -0.39 is 0 Å². The Labute approximate surface area is 176 Å². The summed E-state index contributed by atoms with van der Waals surface area (Å²) in [5.74, 6) is 1.91. The molecule has 1 N–H and O–H groups in total. The fourth-order valence-electron chi connectivity index (χ4n) is 3.93. The van der Waals surface area contributed by atoms with Crippen LogP contribution in [0.25, 0.3) is 0 Å². The van der Waals surface area contributed by atoms with Crippen LogP contribution in [0.4, 0.5) is 0 Å². The first-order valence-electron chi connectivity index (χ1n) is 10.9. The Kier molecular flexibility index (Phi) is 7.57. The quantitative estimate of drug-likeness (QED) is 0.499. The molecule has 4 heteroatoms. The molecule has 2 aromatic carbocycles. The number of aryl methyl sites for hydroxylation is 2. The number of hydrogen-bond donors (Lipinski definition) is 1. The molecule has 1 unspecified atom stereocenters. The standard InChI is InChI=1S/C25H33BN2O/c1-5-29-23-17-10-9-15-21(23)24(20-13-7-6-8-14-20)26-25-27-19(4)22(28-25)16-11-12-18(2)3/h6-10,13-15,17-18,24,26H,5,11-12,16H2,1-4H3,(H,27,28). The van der Waals surface area contributed by atoms with Gasteiger partial charge in [-0.3, -0.25) is 0 Å². The van der Waals surface area contributed by atoms with Gasteiger partial charge in [-0.25, -0.2) is 4.98 Å². The summed E-state index contributed by atoms with van der Waals surface area (Å²) in [6.07, 6.45) is 3.53. The molecule has 152 valence electrons. The van der Waals surface area contributed by atoms with E-state index in [0.717, 1.165) is 36.8 Å². The van der Waals surface area contributed by atoms with Crippen molar-refractivity contribution in [2.45, 2.75) is 52.8 Å². The van der Waals surface area contributed by atoms with Gasteiger partial charge in [0.05, 0.1) is 18.0 Å². The largest absolute Gasteiger partial charge is 0.494 e. The first-order chi connectivity index (χ1) is 14.1. The van der Waals surface area contributed by atoms with Crippen LogP contribution in [0.5, 0.6) is 5.75 Å². The lowest BCUT2D eigenvalue weighted by Gasteiger charge is -2.19. The minimum absolute atomic E-state index is 0.202. The van der Waals surface area contributed by atoms with Gasteiger partial charge in [0.2, 0.25) is 7.28 Å². The lowest BCUT2D eigenvalue weighted by molar-refractivity contribution is 0.337. The third-order valence-corrected chi connectivity index (χ3v) is 5.44. The van der Waals surface area contributed by atoms with Gasteiger partial charge in [-0.1, -0.05) is 68.8 Å². The fourth-order valence-corrected chi connectivity index (χ4v) is 3.93. The molecule has 0 fully saturated rings. The minimum Gasteiger partial charge on any atom is -0.494 e. The van der Waals surface area contributed by atoms with Crippen LogP contribution in [-0.4, -0.2) is 23.9 Å². The SMILES string of the molecule is CCOc1ccccc1C(Bc1nc(C)c(CCCC(C)C)[nH]1)c1ccccc1. The zero-order valence-corrected chi connectivity index (χ0v) is 18.2. The molecule has 0 saturated heterocycles. The van der Waals surface area contributed by atoms with Gasteiger partial charge in [0.1, 0.15) is 5.75 Å². The molecule has 0 saturated carbocycles. The molecule has 3 rings (SSSR count). The van der Waals surface area contributed by atoms with Crippen LogP contribution < -0.4 is 10.5 Å². The highest BCUT2D eigenvalue weighted by Crippen LogP contribution is 2.31. The molecule has 0 radical (unpaired) electrons. The van der Waals surface area contributed by atoms with Gasteiger partial charge in [-0.15, -0.1) is 0 Å². The summed E-state index contributed by atoms with van der Waals surface area (Å²) in [7, 11) is 0.832. The first kappa shape index (κ1) is 21.2. The Balaban J connectivity index is 1.87.